The molecule has 0 aliphatic heterocycles. The molecule has 1 aromatic heterocycles. The largest absolute Gasteiger partial charge is 0.485 e. The van der Waals surface area contributed by atoms with Crippen molar-refractivity contribution in [2.45, 2.75) is 38.7 Å². The van der Waals surface area contributed by atoms with Crippen LogP contribution < -0.4 is 4.74 Å². The molecule has 34 heavy (non-hydrogen) atoms. The Hall–Kier alpha value is -4.04. The van der Waals surface area contributed by atoms with Gasteiger partial charge in [0.2, 0.25) is 0 Å². The molecule has 4 nitrogen and oxygen atoms in total. The molecule has 172 valence electrons. The number of carboxylic acid groups (broad SMARTS) is 1. The third-order valence-electron chi connectivity index (χ3n) is 5.98. The highest BCUT2D eigenvalue weighted by Gasteiger charge is 2.20. The van der Waals surface area contributed by atoms with Crippen molar-refractivity contribution < 1.29 is 19.0 Å². The van der Waals surface area contributed by atoms with E-state index in [1.807, 2.05) is 55.5 Å². The van der Waals surface area contributed by atoms with Crippen molar-refractivity contribution in [2.75, 3.05) is 0 Å². The summed E-state index contributed by atoms with van der Waals surface area (Å²) < 4.78 is 20.5. The van der Waals surface area contributed by atoms with Crippen LogP contribution in [0.5, 0.6) is 5.75 Å². The Morgan fingerprint density at radius 3 is 2.50 bits per heavy atom. The minimum atomic E-state index is -0.886. The van der Waals surface area contributed by atoms with Crippen molar-refractivity contribution in [1.29, 1.82) is 0 Å². The van der Waals surface area contributed by atoms with E-state index in [0.29, 0.717) is 17.6 Å². The van der Waals surface area contributed by atoms with E-state index in [-0.39, 0.29) is 24.3 Å². The van der Waals surface area contributed by atoms with Crippen LogP contribution in [0.3, 0.4) is 0 Å². The summed E-state index contributed by atoms with van der Waals surface area (Å²) in [4.78, 5) is 14.2. The van der Waals surface area contributed by atoms with Crippen LogP contribution in [0.4, 0.5) is 4.39 Å². The van der Waals surface area contributed by atoms with Gasteiger partial charge in [-0.2, -0.15) is 0 Å². The van der Waals surface area contributed by atoms with Crippen LogP contribution in [-0.2, 0) is 11.2 Å². The average molecular weight is 456 g/mol. The van der Waals surface area contributed by atoms with Crippen LogP contribution in [0.2, 0.25) is 0 Å². The van der Waals surface area contributed by atoms with Crippen LogP contribution in [-0.4, -0.2) is 16.1 Å². The fraction of sp³-hybridized carbons (Fsp3) is 0.207. The first-order valence-corrected chi connectivity index (χ1v) is 11.2. The second-order valence-electron chi connectivity index (χ2n) is 8.25. The topological polar surface area (TPSA) is 62.3 Å². The van der Waals surface area contributed by atoms with Gasteiger partial charge in [-0.3, -0.25) is 4.79 Å². The highest BCUT2D eigenvalue weighted by atomic mass is 19.1. The van der Waals surface area contributed by atoms with Gasteiger partial charge in [-0.25, -0.2) is 4.39 Å². The number of halogens is 1. The van der Waals surface area contributed by atoms with E-state index in [9.17, 15) is 14.3 Å². The molecule has 0 aliphatic carbocycles. The molecule has 0 aliphatic rings. The Kier molecular flexibility index (Phi) is 6.98. The van der Waals surface area contributed by atoms with Crippen LogP contribution in [0.25, 0.3) is 10.9 Å². The lowest BCUT2D eigenvalue weighted by Crippen LogP contribution is -2.13. The summed E-state index contributed by atoms with van der Waals surface area (Å²) in [5.74, 6) is 4.92. The molecule has 0 saturated heterocycles. The Morgan fingerprint density at radius 1 is 1.09 bits per heavy atom. The summed E-state index contributed by atoms with van der Waals surface area (Å²) in [5.41, 5.74) is 4.65. The lowest BCUT2D eigenvalue weighted by Gasteiger charge is -2.22. The van der Waals surface area contributed by atoms with Gasteiger partial charge in [0.15, 0.2) is 0 Å². The predicted molar refractivity (Wildman–Crippen MR) is 131 cm³/mol. The number of hydrogen-bond donors (Lipinski definition) is 2. The van der Waals surface area contributed by atoms with Gasteiger partial charge in [-0.1, -0.05) is 54.5 Å². The number of rotatable bonds is 8. The quantitative estimate of drug-likeness (QED) is 0.296. The molecule has 4 rings (SSSR count). The first-order valence-electron chi connectivity index (χ1n) is 11.2. The highest BCUT2D eigenvalue weighted by Crippen LogP contribution is 2.33. The molecule has 4 aromatic rings. The number of aryl methyl sites for hydroxylation is 1. The molecular formula is C29H26FNO3. The summed E-state index contributed by atoms with van der Waals surface area (Å²) >= 11 is 0. The number of nitrogens with one attached hydrogen (secondary N) is 1. The molecular weight excluding hydrogens is 429 g/mol. The molecule has 0 amide bonds. The molecule has 0 fully saturated rings. The Bertz CT molecular complexity index is 1350. The number of aromatic amines is 1. The Labute approximate surface area is 198 Å². The number of hydrogen-bond acceptors (Lipinski definition) is 2. The number of H-pyrrole nitrogens is 1. The summed E-state index contributed by atoms with van der Waals surface area (Å²) in [6.07, 6.45) is 1.67. The van der Waals surface area contributed by atoms with Gasteiger partial charge >= 0.3 is 5.97 Å². The molecule has 0 bridgehead atoms. The zero-order valence-electron chi connectivity index (χ0n) is 19.1. The van der Waals surface area contributed by atoms with Gasteiger partial charge in [-0.05, 0) is 54.3 Å². The zero-order chi connectivity index (χ0) is 24.1. The first-order chi connectivity index (χ1) is 16.5. The Balaban J connectivity index is 1.66. The Morgan fingerprint density at radius 2 is 1.82 bits per heavy atom. The second kappa shape index (κ2) is 10.3. The SMILES string of the molecule is CC#CC(CC(=O)O)c1ccc(OC(Cc2ccccc2)c2ccc3c(F)c[nH]c3c2C)cc1. The summed E-state index contributed by atoms with van der Waals surface area (Å²) in [5, 5.41) is 9.76. The predicted octanol–water partition coefficient (Wildman–Crippen LogP) is 6.56. The fourth-order valence-corrected chi connectivity index (χ4v) is 4.26. The van der Waals surface area contributed by atoms with E-state index in [1.165, 1.54) is 6.20 Å². The number of aliphatic carboxylic acids is 1. The number of carboxylic acids is 1. The summed E-state index contributed by atoms with van der Waals surface area (Å²) in [6.45, 7) is 3.67. The third-order valence-corrected chi connectivity index (χ3v) is 5.98. The maximum atomic E-state index is 14.1. The normalized spacial score (nSPS) is 12.6. The molecule has 5 heteroatoms. The van der Waals surface area contributed by atoms with E-state index in [2.05, 4.69) is 29.0 Å². The minimum Gasteiger partial charge on any atom is -0.485 e. The van der Waals surface area contributed by atoms with Gasteiger partial charge in [0, 0.05) is 18.0 Å². The molecule has 2 atom stereocenters. The first kappa shape index (κ1) is 23.1. The van der Waals surface area contributed by atoms with E-state index >= 15 is 0 Å². The van der Waals surface area contributed by atoms with E-state index < -0.39 is 5.97 Å². The lowest BCUT2D eigenvalue weighted by molar-refractivity contribution is -0.137. The highest BCUT2D eigenvalue weighted by molar-refractivity contribution is 5.84. The number of aromatic nitrogens is 1. The van der Waals surface area contributed by atoms with Crippen molar-refractivity contribution in [2.24, 2.45) is 0 Å². The molecule has 0 saturated carbocycles. The van der Waals surface area contributed by atoms with Crippen molar-refractivity contribution in [3.05, 3.63) is 101 Å². The number of ether oxygens (including phenoxy) is 1. The maximum absolute atomic E-state index is 14.1. The average Bonchev–Trinajstić information content (AvgIpc) is 3.21. The van der Waals surface area contributed by atoms with E-state index in [0.717, 1.165) is 27.8 Å². The lowest BCUT2D eigenvalue weighted by atomic mass is 9.95. The number of carbonyl (C=O) groups is 1. The molecule has 1 heterocycles. The second-order valence-corrected chi connectivity index (χ2v) is 8.25. The number of benzene rings is 3. The smallest absolute Gasteiger partial charge is 0.304 e. The van der Waals surface area contributed by atoms with Crippen LogP contribution in [0, 0.1) is 24.6 Å². The van der Waals surface area contributed by atoms with Gasteiger partial charge in [0.05, 0.1) is 17.9 Å². The van der Waals surface area contributed by atoms with Gasteiger partial charge in [-0.15, -0.1) is 5.92 Å². The molecule has 0 radical (unpaired) electrons. The number of fused-ring (bicyclic) bond motifs is 1. The van der Waals surface area contributed by atoms with Crippen molar-refractivity contribution in [3.8, 4) is 17.6 Å². The summed E-state index contributed by atoms with van der Waals surface area (Å²) in [6, 6.07) is 21.2. The van der Waals surface area contributed by atoms with Gasteiger partial charge < -0.3 is 14.8 Å². The minimum absolute atomic E-state index is 0.0520. The van der Waals surface area contributed by atoms with Crippen molar-refractivity contribution in [1.82, 2.24) is 4.98 Å². The standard InChI is InChI=1S/C29H26FNO3/c1-3-7-22(17-28(32)33)21-10-12-23(13-11-21)34-27(16-20-8-5-4-6-9-20)24-14-15-25-26(30)18-31-29(25)19(24)2/h4-6,8-15,18,22,27,31H,16-17H2,1-2H3,(H,32,33). The summed E-state index contributed by atoms with van der Waals surface area (Å²) in [7, 11) is 0. The zero-order valence-corrected chi connectivity index (χ0v) is 19.1. The molecule has 2 unspecified atom stereocenters. The molecule has 0 spiro atoms. The van der Waals surface area contributed by atoms with Crippen LogP contribution in [0.15, 0.2) is 72.9 Å². The van der Waals surface area contributed by atoms with Crippen LogP contribution in [0.1, 0.15) is 47.6 Å². The van der Waals surface area contributed by atoms with Crippen LogP contribution >= 0.6 is 0 Å². The van der Waals surface area contributed by atoms with Crippen molar-refractivity contribution >= 4 is 16.9 Å². The molecule has 3 aromatic carbocycles. The fourth-order valence-electron chi connectivity index (χ4n) is 4.26. The van der Waals surface area contributed by atoms with E-state index in [4.69, 9.17) is 4.74 Å². The molecule has 2 N–H and O–H groups in total. The third kappa shape index (κ3) is 5.13. The van der Waals surface area contributed by atoms with E-state index in [1.54, 1.807) is 13.0 Å². The maximum Gasteiger partial charge on any atom is 0.304 e. The monoisotopic (exact) mass is 455 g/mol. The van der Waals surface area contributed by atoms with Crippen molar-refractivity contribution in [3.63, 3.8) is 0 Å². The van der Waals surface area contributed by atoms with Gasteiger partial charge in [0.25, 0.3) is 0 Å². The van der Waals surface area contributed by atoms with Gasteiger partial charge in [0.1, 0.15) is 17.7 Å².